The smallest absolute Gasteiger partial charge is 0.289 e. The Bertz CT molecular complexity index is 878. The van der Waals surface area contributed by atoms with Crippen LogP contribution in [-0.2, 0) is 6.18 Å². The number of halogens is 3. The van der Waals surface area contributed by atoms with Crippen molar-refractivity contribution in [1.29, 1.82) is 0 Å². The van der Waals surface area contributed by atoms with E-state index in [-0.39, 0.29) is 10.8 Å². The summed E-state index contributed by atoms with van der Waals surface area (Å²) < 4.78 is 39.5. The molecule has 20 heavy (non-hydrogen) atoms. The molecule has 0 spiro atoms. The van der Waals surface area contributed by atoms with Crippen molar-refractivity contribution in [3.63, 3.8) is 0 Å². The van der Waals surface area contributed by atoms with Gasteiger partial charge in [-0.3, -0.25) is 4.79 Å². The second-order valence-electron chi connectivity index (χ2n) is 4.64. The summed E-state index contributed by atoms with van der Waals surface area (Å²) in [6.45, 7) is 1.85. The highest BCUT2D eigenvalue weighted by atomic mass is 32.1. The standard InChI is InChI=1S/C15H9F3OS/c1-8-2-4-12-10(6-8)14(19)11-7-9(15(16,17)18)3-5-13(11)20-12/h2-7H,1H3. The van der Waals surface area contributed by atoms with Crippen LogP contribution in [0.4, 0.5) is 13.2 Å². The van der Waals surface area contributed by atoms with E-state index in [4.69, 9.17) is 0 Å². The van der Waals surface area contributed by atoms with Gasteiger partial charge in [0.15, 0.2) is 5.43 Å². The maximum Gasteiger partial charge on any atom is 0.416 e. The minimum absolute atomic E-state index is 0.128. The Morgan fingerprint density at radius 2 is 1.55 bits per heavy atom. The van der Waals surface area contributed by atoms with Crippen LogP contribution in [0.5, 0.6) is 0 Å². The first-order valence-corrected chi connectivity index (χ1v) is 6.72. The van der Waals surface area contributed by atoms with Crippen LogP contribution in [-0.4, -0.2) is 0 Å². The molecule has 3 rings (SSSR count). The summed E-state index contributed by atoms with van der Waals surface area (Å²) in [5.74, 6) is 0. The molecule has 0 radical (unpaired) electrons. The van der Waals surface area contributed by atoms with Gasteiger partial charge in [-0.25, -0.2) is 0 Å². The lowest BCUT2D eigenvalue weighted by atomic mass is 10.1. The molecule has 0 saturated heterocycles. The monoisotopic (exact) mass is 294 g/mol. The molecule has 0 unspecified atom stereocenters. The Kier molecular flexibility index (Phi) is 2.83. The summed E-state index contributed by atoms with van der Waals surface area (Å²) in [6.07, 6.45) is -4.44. The summed E-state index contributed by atoms with van der Waals surface area (Å²) in [5, 5.41) is 0.602. The minimum atomic E-state index is -4.44. The zero-order valence-corrected chi connectivity index (χ0v) is 11.2. The maximum atomic E-state index is 12.7. The summed E-state index contributed by atoms with van der Waals surface area (Å²) in [7, 11) is 0. The number of alkyl halides is 3. The van der Waals surface area contributed by atoms with Gasteiger partial charge in [0.25, 0.3) is 0 Å². The topological polar surface area (TPSA) is 17.1 Å². The molecule has 0 amide bonds. The van der Waals surface area contributed by atoms with E-state index in [1.54, 1.807) is 6.07 Å². The van der Waals surface area contributed by atoms with Crippen LogP contribution in [0.2, 0.25) is 0 Å². The normalized spacial score (nSPS) is 12.2. The van der Waals surface area contributed by atoms with Gasteiger partial charge in [-0.05, 0) is 37.3 Å². The van der Waals surface area contributed by atoms with Gasteiger partial charge >= 0.3 is 6.18 Å². The molecule has 0 N–H and O–H groups in total. The third-order valence-corrected chi connectivity index (χ3v) is 4.30. The van der Waals surface area contributed by atoms with E-state index in [1.165, 1.54) is 17.4 Å². The molecule has 1 aromatic heterocycles. The van der Waals surface area contributed by atoms with Gasteiger partial charge in [0.2, 0.25) is 0 Å². The highest BCUT2D eigenvalue weighted by Gasteiger charge is 2.30. The van der Waals surface area contributed by atoms with E-state index < -0.39 is 11.7 Å². The highest BCUT2D eigenvalue weighted by Crippen LogP contribution is 2.33. The summed E-state index contributed by atoms with van der Waals surface area (Å²) >= 11 is 1.33. The number of rotatable bonds is 0. The van der Waals surface area contributed by atoms with Crippen molar-refractivity contribution in [2.45, 2.75) is 13.1 Å². The van der Waals surface area contributed by atoms with Crippen LogP contribution in [0.3, 0.4) is 0 Å². The molecule has 2 aromatic carbocycles. The predicted octanol–water partition coefficient (Wildman–Crippen LogP) is 4.74. The molecule has 0 bridgehead atoms. The molecule has 0 aliphatic rings. The van der Waals surface area contributed by atoms with Gasteiger partial charge < -0.3 is 0 Å². The molecule has 1 heterocycles. The molecule has 0 fully saturated rings. The Morgan fingerprint density at radius 1 is 0.950 bits per heavy atom. The number of benzene rings is 2. The van der Waals surface area contributed by atoms with Gasteiger partial charge in [-0.2, -0.15) is 13.2 Å². The first-order valence-electron chi connectivity index (χ1n) is 5.91. The van der Waals surface area contributed by atoms with Crippen molar-refractivity contribution in [2.75, 3.05) is 0 Å². The third-order valence-electron chi connectivity index (χ3n) is 3.15. The molecule has 1 nitrogen and oxygen atoms in total. The second-order valence-corrected chi connectivity index (χ2v) is 5.72. The molecular weight excluding hydrogens is 285 g/mol. The first kappa shape index (κ1) is 13.1. The molecule has 0 aliphatic carbocycles. The van der Waals surface area contributed by atoms with Gasteiger partial charge in [0, 0.05) is 20.2 Å². The fourth-order valence-electron chi connectivity index (χ4n) is 2.15. The largest absolute Gasteiger partial charge is 0.416 e. The molecule has 3 aromatic rings. The number of fused-ring (bicyclic) bond motifs is 2. The van der Waals surface area contributed by atoms with E-state index in [9.17, 15) is 18.0 Å². The van der Waals surface area contributed by atoms with Crippen LogP contribution in [0, 0.1) is 6.92 Å². The van der Waals surface area contributed by atoms with Gasteiger partial charge in [-0.15, -0.1) is 11.3 Å². The van der Waals surface area contributed by atoms with Crippen molar-refractivity contribution < 1.29 is 13.2 Å². The van der Waals surface area contributed by atoms with E-state index in [1.807, 2.05) is 19.1 Å². The predicted molar refractivity (Wildman–Crippen MR) is 75.3 cm³/mol. The average molecular weight is 294 g/mol. The maximum absolute atomic E-state index is 12.7. The van der Waals surface area contributed by atoms with Crippen LogP contribution in [0.1, 0.15) is 11.1 Å². The summed E-state index contributed by atoms with van der Waals surface area (Å²) in [6, 6.07) is 8.74. The van der Waals surface area contributed by atoms with Crippen molar-refractivity contribution in [3.05, 3.63) is 57.7 Å². The Balaban J connectivity index is 2.43. The molecule has 0 atom stereocenters. The van der Waals surface area contributed by atoms with Crippen LogP contribution < -0.4 is 5.43 Å². The lowest BCUT2D eigenvalue weighted by molar-refractivity contribution is -0.137. The zero-order valence-electron chi connectivity index (χ0n) is 10.4. The Labute approximate surface area is 116 Å². The quantitative estimate of drug-likeness (QED) is 0.547. The van der Waals surface area contributed by atoms with Gasteiger partial charge in [-0.1, -0.05) is 11.6 Å². The van der Waals surface area contributed by atoms with Crippen molar-refractivity contribution in [2.24, 2.45) is 0 Å². The van der Waals surface area contributed by atoms with Gasteiger partial charge in [0.1, 0.15) is 0 Å². The van der Waals surface area contributed by atoms with E-state index >= 15 is 0 Å². The minimum Gasteiger partial charge on any atom is -0.289 e. The fourth-order valence-corrected chi connectivity index (χ4v) is 3.18. The number of hydrogen-bond acceptors (Lipinski definition) is 2. The van der Waals surface area contributed by atoms with E-state index in [2.05, 4.69) is 0 Å². The van der Waals surface area contributed by atoms with Crippen molar-refractivity contribution in [3.8, 4) is 0 Å². The lowest BCUT2D eigenvalue weighted by Crippen LogP contribution is -2.07. The molecule has 0 aliphatic heterocycles. The van der Waals surface area contributed by atoms with Crippen LogP contribution >= 0.6 is 11.3 Å². The first-order chi connectivity index (χ1) is 9.36. The lowest BCUT2D eigenvalue weighted by Gasteiger charge is -2.08. The van der Waals surface area contributed by atoms with Crippen molar-refractivity contribution >= 4 is 31.5 Å². The summed E-state index contributed by atoms with van der Waals surface area (Å²) in [5.41, 5.74) is -0.224. The zero-order chi connectivity index (χ0) is 14.5. The van der Waals surface area contributed by atoms with E-state index in [0.717, 1.165) is 22.4 Å². The van der Waals surface area contributed by atoms with Crippen LogP contribution in [0.25, 0.3) is 20.2 Å². The Morgan fingerprint density at radius 3 is 2.20 bits per heavy atom. The second kappa shape index (κ2) is 4.31. The van der Waals surface area contributed by atoms with Crippen LogP contribution in [0.15, 0.2) is 41.2 Å². The highest BCUT2D eigenvalue weighted by molar-refractivity contribution is 7.24. The fraction of sp³-hybridized carbons (Fsp3) is 0.133. The van der Waals surface area contributed by atoms with E-state index in [0.29, 0.717) is 10.1 Å². The van der Waals surface area contributed by atoms with Gasteiger partial charge in [0.05, 0.1) is 5.56 Å². The number of aryl methyl sites for hydroxylation is 1. The van der Waals surface area contributed by atoms with Crippen molar-refractivity contribution in [1.82, 2.24) is 0 Å². The molecular formula is C15H9F3OS. The third kappa shape index (κ3) is 2.08. The average Bonchev–Trinajstić information content (AvgIpc) is 2.38. The molecule has 5 heteroatoms. The molecule has 102 valence electrons. The SMILES string of the molecule is Cc1ccc2sc3ccc(C(F)(F)F)cc3c(=O)c2c1. The Hall–Kier alpha value is -1.88. The summed E-state index contributed by atoms with van der Waals surface area (Å²) in [4.78, 5) is 12.4. The molecule has 0 saturated carbocycles. The number of hydrogen-bond donors (Lipinski definition) is 0.